The van der Waals surface area contributed by atoms with Crippen LogP contribution >= 0.6 is 0 Å². The van der Waals surface area contributed by atoms with Crippen molar-refractivity contribution in [1.82, 2.24) is 4.98 Å². The number of pyridine rings is 1. The van der Waals surface area contributed by atoms with Crippen LogP contribution in [0.4, 0.5) is 8.78 Å². The number of furan rings is 1. The summed E-state index contributed by atoms with van der Waals surface area (Å²) in [6.45, 7) is 2.74. The summed E-state index contributed by atoms with van der Waals surface area (Å²) in [5.41, 5.74) is 2.83. The number of halogens is 2. The number of carboxylic acid groups (broad SMARTS) is 1. The van der Waals surface area contributed by atoms with Crippen LogP contribution in [-0.4, -0.2) is 29.1 Å². The van der Waals surface area contributed by atoms with Crippen molar-refractivity contribution in [3.05, 3.63) is 59.4 Å². The lowest BCUT2D eigenvalue weighted by Gasteiger charge is -2.14. The SMILES string of the molecule is Cc1oc2ccccc2c1-c1cc(C(=O)O)c2c(OCC(F)F)ccc(C)c2n1. The summed E-state index contributed by atoms with van der Waals surface area (Å²) in [7, 11) is 0. The van der Waals surface area contributed by atoms with Gasteiger partial charge in [0.15, 0.2) is 0 Å². The van der Waals surface area contributed by atoms with Gasteiger partial charge in [0.05, 0.1) is 22.2 Å². The Labute approximate surface area is 164 Å². The third-order valence-electron chi connectivity index (χ3n) is 4.75. The number of hydrogen-bond donors (Lipinski definition) is 1. The zero-order chi connectivity index (χ0) is 20.7. The Bertz CT molecular complexity index is 1250. The van der Waals surface area contributed by atoms with Crippen LogP contribution in [0.3, 0.4) is 0 Å². The van der Waals surface area contributed by atoms with Gasteiger partial charge in [-0.25, -0.2) is 18.6 Å². The quantitative estimate of drug-likeness (QED) is 0.474. The topological polar surface area (TPSA) is 72.6 Å². The summed E-state index contributed by atoms with van der Waals surface area (Å²) in [6.07, 6.45) is -2.67. The highest BCUT2D eigenvalue weighted by Gasteiger charge is 2.22. The van der Waals surface area contributed by atoms with E-state index >= 15 is 0 Å². The van der Waals surface area contributed by atoms with Crippen molar-refractivity contribution in [2.24, 2.45) is 0 Å². The monoisotopic (exact) mass is 397 g/mol. The third-order valence-corrected chi connectivity index (χ3v) is 4.75. The molecule has 2 aromatic carbocycles. The van der Waals surface area contributed by atoms with Crippen molar-refractivity contribution in [3.63, 3.8) is 0 Å². The van der Waals surface area contributed by atoms with Gasteiger partial charge >= 0.3 is 5.97 Å². The molecule has 7 heteroatoms. The van der Waals surface area contributed by atoms with Crippen molar-refractivity contribution < 1.29 is 27.8 Å². The van der Waals surface area contributed by atoms with Crippen molar-refractivity contribution in [3.8, 4) is 17.0 Å². The summed E-state index contributed by atoms with van der Waals surface area (Å²) >= 11 is 0. The zero-order valence-electron chi connectivity index (χ0n) is 15.7. The summed E-state index contributed by atoms with van der Waals surface area (Å²) in [5, 5.41) is 10.8. The molecule has 0 bridgehead atoms. The molecule has 0 atom stereocenters. The molecule has 0 saturated heterocycles. The van der Waals surface area contributed by atoms with E-state index in [-0.39, 0.29) is 16.7 Å². The normalized spacial score (nSPS) is 11.5. The zero-order valence-corrected chi connectivity index (χ0v) is 15.7. The molecule has 0 aliphatic heterocycles. The molecule has 2 heterocycles. The Morgan fingerprint density at radius 1 is 1.21 bits per heavy atom. The van der Waals surface area contributed by atoms with Gasteiger partial charge in [-0.1, -0.05) is 24.3 Å². The van der Waals surface area contributed by atoms with E-state index in [4.69, 9.17) is 9.15 Å². The average Bonchev–Trinajstić information content (AvgIpc) is 3.02. The Morgan fingerprint density at radius 2 is 1.97 bits per heavy atom. The second-order valence-electron chi connectivity index (χ2n) is 6.70. The number of rotatable bonds is 5. The number of benzene rings is 2. The fourth-order valence-electron chi connectivity index (χ4n) is 3.50. The number of fused-ring (bicyclic) bond motifs is 2. The molecule has 1 N–H and O–H groups in total. The van der Waals surface area contributed by atoms with Crippen molar-refractivity contribution in [2.45, 2.75) is 20.3 Å². The van der Waals surface area contributed by atoms with Gasteiger partial charge in [-0.05, 0) is 37.6 Å². The van der Waals surface area contributed by atoms with Crippen LogP contribution in [0.1, 0.15) is 21.7 Å². The number of aryl methyl sites for hydroxylation is 2. The van der Waals surface area contributed by atoms with E-state index in [1.165, 1.54) is 12.1 Å². The number of hydrogen-bond acceptors (Lipinski definition) is 4. The molecule has 0 spiro atoms. The standard InChI is InChI=1S/C22H17F2NO4/c1-11-7-8-17(28-10-18(23)24)20-14(22(26)27)9-15(25-21(11)20)19-12(2)29-16-6-4-3-5-13(16)19/h3-9,18H,10H2,1-2H3,(H,26,27). The first-order valence-corrected chi connectivity index (χ1v) is 8.94. The first-order chi connectivity index (χ1) is 13.9. The number of para-hydroxylation sites is 1. The average molecular weight is 397 g/mol. The molecule has 0 aliphatic carbocycles. The molecule has 0 aliphatic rings. The molecule has 0 amide bonds. The van der Waals surface area contributed by atoms with E-state index in [9.17, 15) is 18.7 Å². The summed E-state index contributed by atoms with van der Waals surface area (Å²) in [4.78, 5) is 16.7. The second kappa shape index (κ2) is 7.16. The van der Waals surface area contributed by atoms with E-state index in [0.29, 0.717) is 33.7 Å². The van der Waals surface area contributed by atoms with Gasteiger partial charge in [0, 0.05) is 10.9 Å². The molecule has 148 valence electrons. The van der Waals surface area contributed by atoms with Crippen LogP contribution in [0.25, 0.3) is 33.1 Å². The predicted molar refractivity (Wildman–Crippen MR) is 105 cm³/mol. The van der Waals surface area contributed by atoms with Crippen LogP contribution < -0.4 is 4.74 Å². The number of ether oxygens (including phenoxy) is 1. The minimum Gasteiger partial charge on any atom is -0.487 e. The summed E-state index contributed by atoms with van der Waals surface area (Å²) in [6, 6.07) is 12.0. The van der Waals surface area contributed by atoms with Gasteiger partial charge in [0.25, 0.3) is 6.43 Å². The van der Waals surface area contributed by atoms with E-state index < -0.39 is 19.0 Å². The Hall–Kier alpha value is -3.48. The van der Waals surface area contributed by atoms with E-state index in [1.54, 1.807) is 19.9 Å². The predicted octanol–water partition coefficient (Wildman–Crippen LogP) is 5.61. The van der Waals surface area contributed by atoms with Crippen LogP contribution in [0.5, 0.6) is 5.75 Å². The maximum absolute atomic E-state index is 12.6. The first kappa shape index (κ1) is 18.9. The van der Waals surface area contributed by atoms with Crippen molar-refractivity contribution in [2.75, 3.05) is 6.61 Å². The number of aromatic nitrogens is 1. The van der Waals surface area contributed by atoms with Gasteiger partial charge in [-0.15, -0.1) is 0 Å². The summed E-state index contributed by atoms with van der Waals surface area (Å²) < 4.78 is 36.2. The van der Waals surface area contributed by atoms with E-state index in [0.717, 1.165) is 5.39 Å². The third kappa shape index (κ3) is 3.29. The second-order valence-corrected chi connectivity index (χ2v) is 6.70. The van der Waals surface area contributed by atoms with Gasteiger partial charge in [0.2, 0.25) is 0 Å². The molecule has 4 rings (SSSR count). The van der Waals surface area contributed by atoms with E-state index in [2.05, 4.69) is 4.98 Å². The maximum atomic E-state index is 12.6. The van der Waals surface area contributed by atoms with Crippen LogP contribution in [0.15, 0.2) is 46.9 Å². The lowest BCUT2D eigenvalue weighted by molar-refractivity contribution is 0.0698. The minimum absolute atomic E-state index is 0.0659. The fraction of sp³-hybridized carbons (Fsp3) is 0.182. The highest BCUT2D eigenvalue weighted by atomic mass is 19.3. The number of carbonyl (C=O) groups is 1. The maximum Gasteiger partial charge on any atom is 0.336 e. The number of carboxylic acids is 1. The fourth-order valence-corrected chi connectivity index (χ4v) is 3.50. The Morgan fingerprint density at radius 3 is 2.69 bits per heavy atom. The van der Waals surface area contributed by atoms with Gasteiger partial charge < -0.3 is 14.3 Å². The molecule has 2 aromatic heterocycles. The molecule has 4 aromatic rings. The number of aromatic carboxylic acids is 1. The smallest absolute Gasteiger partial charge is 0.336 e. The molecule has 0 fully saturated rings. The van der Waals surface area contributed by atoms with Crippen molar-refractivity contribution in [1.29, 1.82) is 0 Å². The molecule has 5 nitrogen and oxygen atoms in total. The Balaban J connectivity index is 2.02. The lowest BCUT2D eigenvalue weighted by atomic mass is 10.00. The van der Waals surface area contributed by atoms with Crippen LogP contribution in [-0.2, 0) is 0 Å². The van der Waals surface area contributed by atoms with Gasteiger partial charge in [-0.3, -0.25) is 0 Å². The lowest BCUT2D eigenvalue weighted by Crippen LogP contribution is -2.09. The molecule has 29 heavy (non-hydrogen) atoms. The van der Waals surface area contributed by atoms with Gasteiger partial charge in [0.1, 0.15) is 23.7 Å². The highest BCUT2D eigenvalue weighted by Crippen LogP contribution is 2.38. The van der Waals surface area contributed by atoms with Gasteiger partial charge in [-0.2, -0.15) is 0 Å². The largest absolute Gasteiger partial charge is 0.487 e. The highest BCUT2D eigenvalue weighted by molar-refractivity contribution is 6.08. The minimum atomic E-state index is -2.67. The van der Waals surface area contributed by atoms with Crippen molar-refractivity contribution >= 4 is 27.8 Å². The van der Waals surface area contributed by atoms with E-state index in [1.807, 2.05) is 24.3 Å². The van der Waals surface area contributed by atoms with Crippen LogP contribution in [0.2, 0.25) is 0 Å². The van der Waals surface area contributed by atoms with Crippen LogP contribution in [0, 0.1) is 13.8 Å². The number of alkyl halides is 2. The molecular formula is C22H17F2NO4. The summed E-state index contributed by atoms with van der Waals surface area (Å²) in [5.74, 6) is -0.523. The Kier molecular flexibility index (Phi) is 4.66. The molecular weight excluding hydrogens is 380 g/mol. The molecule has 0 radical (unpaired) electrons. The molecule has 0 saturated carbocycles. The molecule has 0 unspecified atom stereocenters. The first-order valence-electron chi connectivity index (χ1n) is 8.94. The number of nitrogens with zero attached hydrogens (tertiary/aromatic N) is 1.